The number of rotatable bonds is 7. The van der Waals surface area contributed by atoms with Crippen molar-refractivity contribution in [2.75, 3.05) is 24.9 Å². The smallest absolute Gasteiger partial charge is 0.267 e. The van der Waals surface area contributed by atoms with Gasteiger partial charge in [0.1, 0.15) is 11.6 Å². The largest absolute Gasteiger partial charge is 0.493 e. The fourth-order valence-electron chi connectivity index (χ4n) is 2.22. The summed E-state index contributed by atoms with van der Waals surface area (Å²) in [6.45, 7) is 1.48. The van der Waals surface area contributed by atoms with Crippen molar-refractivity contribution in [2.24, 2.45) is 0 Å². The normalized spacial score (nSPS) is 10.5. The Morgan fingerprint density at radius 1 is 1.00 bits per heavy atom. The number of methoxy groups -OCH3 is 2. The molecule has 0 spiro atoms. The Labute approximate surface area is 157 Å². The molecule has 2 rings (SSSR count). The molecule has 0 saturated heterocycles. The summed E-state index contributed by atoms with van der Waals surface area (Å²) in [5, 5.41) is 14.7. The van der Waals surface area contributed by atoms with E-state index in [2.05, 4.69) is 10.6 Å². The first-order valence-corrected chi connectivity index (χ1v) is 7.99. The summed E-state index contributed by atoms with van der Waals surface area (Å²) in [5.74, 6) is 0.380. The molecule has 0 atom stereocenters. The molecule has 0 heterocycles. The van der Waals surface area contributed by atoms with E-state index in [1.54, 1.807) is 42.5 Å². The lowest BCUT2D eigenvalue weighted by Gasteiger charge is -2.10. The van der Waals surface area contributed by atoms with Crippen molar-refractivity contribution in [3.8, 4) is 17.6 Å². The number of anilines is 2. The molecule has 7 heteroatoms. The maximum Gasteiger partial charge on any atom is 0.267 e. The van der Waals surface area contributed by atoms with Crippen molar-refractivity contribution in [2.45, 2.75) is 6.92 Å². The van der Waals surface area contributed by atoms with Gasteiger partial charge in [0.05, 0.1) is 14.2 Å². The van der Waals surface area contributed by atoms with Crippen LogP contribution in [0.4, 0.5) is 11.4 Å². The maximum absolute atomic E-state index is 12.3. The summed E-state index contributed by atoms with van der Waals surface area (Å²) < 4.78 is 10.3. The molecule has 0 radical (unpaired) electrons. The van der Waals surface area contributed by atoms with Crippen molar-refractivity contribution >= 4 is 23.1 Å². The quantitative estimate of drug-likeness (QED) is 0.443. The molecular weight excluding hydrogens is 346 g/mol. The van der Waals surface area contributed by atoms with E-state index < -0.39 is 5.91 Å². The standard InChI is InChI=1S/C20H19N3O4/c1-13(24)14-4-6-16(7-5-14)22-12-15(11-21)20(25)23-17-8-9-18(26-2)19(10-17)27-3/h4-10,12,22H,1-3H3,(H,23,25)/b15-12-. The molecule has 0 aliphatic carbocycles. The van der Waals surface area contributed by atoms with Gasteiger partial charge >= 0.3 is 0 Å². The minimum Gasteiger partial charge on any atom is -0.493 e. The van der Waals surface area contributed by atoms with Gasteiger partial charge in [0.2, 0.25) is 0 Å². The van der Waals surface area contributed by atoms with Crippen LogP contribution in [0.3, 0.4) is 0 Å². The predicted molar refractivity (Wildman–Crippen MR) is 102 cm³/mol. The molecule has 2 aromatic carbocycles. The second kappa shape index (κ2) is 9.06. The third-order valence-electron chi connectivity index (χ3n) is 3.68. The topological polar surface area (TPSA) is 100 Å². The van der Waals surface area contributed by atoms with Gasteiger partial charge in [0, 0.05) is 29.2 Å². The summed E-state index contributed by atoms with van der Waals surface area (Å²) in [5.41, 5.74) is 1.58. The van der Waals surface area contributed by atoms with Crippen molar-refractivity contribution in [1.82, 2.24) is 0 Å². The van der Waals surface area contributed by atoms with Gasteiger partial charge in [0.25, 0.3) is 5.91 Å². The lowest BCUT2D eigenvalue weighted by molar-refractivity contribution is -0.112. The van der Waals surface area contributed by atoms with Gasteiger partial charge in [-0.2, -0.15) is 5.26 Å². The third-order valence-corrected chi connectivity index (χ3v) is 3.68. The highest BCUT2D eigenvalue weighted by molar-refractivity contribution is 6.06. The molecule has 1 amide bonds. The minimum absolute atomic E-state index is 0.0379. The number of nitrogens with one attached hydrogen (secondary N) is 2. The molecule has 7 nitrogen and oxygen atoms in total. The molecule has 0 saturated carbocycles. The molecule has 2 N–H and O–H groups in total. The molecule has 0 fully saturated rings. The lowest BCUT2D eigenvalue weighted by atomic mass is 10.1. The van der Waals surface area contributed by atoms with Gasteiger partial charge in [-0.05, 0) is 43.3 Å². The molecule has 2 aromatic rings. The van der Waals surface area contributed by atoms with Crippen molar-refractivity contribution in [1.29, 1.82) is 5.26 Å². The molecule has 0 aromatic heterocycles. The van der Waals surface area contributed by atoms with Gasteiger partial charge in [-0.1, -0.05) is 0 Å². The summed E-state index contributed by atoms with van der Waals surface area (Å²) in [6.07, 6.45) is 1.30. The Balaban J connectivity index is 2.10. The molecule has 0 unspecified atom stereocenters. The molecular formula is C20H19N3O4. The number of nitriles is 1. The molecule has 0 bridgehead atoms. The summed E-state index contributed by atoms with van der Waals surface area (Å²) in [6, 6.07) is 13.4. The second-order valence-corrected chi connectivity index (χ2v) is 5.47. The van der Waals surface area contributed by atoms with Crippen molar-refractivity contribution < 1.29 is 19.1 Å². The number of hydrogen-bond donors (Lipinski definition) is 2. The maximum atomic E-state index is 12.3. The molecule has 0 aliphatic heterocycles. The lowest BCUT2D eigenvalue weighted by Crippen LogP contribution is -2.14. The van der Waals surface area contributed by atoms with Crippen LogP contribution in [0.2, 0.25) is 0 Å². The number of hydrogen-bond acceptors (Lipinski definition) is 6. The second-order valence-electron chi connectivity index (χ2n) is 5.47. The van der Waals surface area contributed by atoms with Crippen LogP contribution in [0.15, 0.2) is 54.2 Å². The average Bonchev–Trinajstić information content (AvgIpc) is 2.68. The van der Waals surface area contributed by atoms with Gasteiger partial charge in [-0.25, -0.2) is 0 Å². The Morgan fingerprint density at radius 3 is 2.19 bits per heavy atom. The first-order valence-electron chi connectivity index (χ1n) is 7.99. The Hall–Kier alpha value is -3.79. The van der Waals surface area contributed by atoms with E-state index in [0.29, 0.717) is 28.4 Å². The van der Waals surface area contributed by atoms with Crippen molar-refractivity contribution in [3.63, 3.8) is 0 Å². The highest BCUT2D eigenvalue weighted by Gasteiger charge is 2.11. The van der Waals surface area contributed by atoms with Gasteiger partial charge in [-0.3, -0.25) is 9.59 Å². The van der Waals surface area contributed by atoms with Crippen LogP contribution in [-0.4, -0.2) is 25.9 Å². The zero-order valence-corrected chi connectivity index (χ0v) is 15.2. The minimum atomic E-state index is -0.572. The number of nitrogens with zero attached hydrogens (tertiary/aromatic N) is 1. The van der Waals surface area contributed by atoms with Crippen LogP contribution in [0, 0.1) is 11.3 Å². The highest BCUT2D eigenvalue weighted by Crippen LogP contribution is 2.29. The Kier molecular flexibility index (Phi) is 6.55. The summed E-state index contributed by atoms with van der Waals surface area (Å²) in [7, 11) is 3.01. The van der Waals surface area contributed by atoms with E-state index in [0.717, 1.165) is 0 Å². The fourth-order valence-corrected chi connectivity index (χ4v) is 2.22. The van der Waals surface area contributed by atoms with Crippen LogP contribution < -0.4 is 20.1 Å². The van der Waals surface area contributed by atoms with E-state index in [4.69, 9.17) is 9.47 Å². The van der Waals surface area contributed by atoms with Crippen LogP contribution in [-0.2, 0) is 4.79 Å². The number of amides is 1. The average molecular weight is 365 g/mol. The SMILES string of the molecule is COc1ccc(NC(=O)/C(C#N)=C\Nc2ccc(C(C)=O)cc2)cc1OC. The fraction of sp³-hybridized carbons (Fsp3) is 0.150. The van der Waals surface area contributed by atoms with Crippen molar-refractivity contribution in [3.05, 3.63) is 59.8 Å². The molecule has 27 heavy (non-hydrogen) atoms. The third kappa shape index (κ3) is 5.09. The number of carbonyl (C=O) groups is 2. The predicted octanol–water partition coefficient (Wildman–Crippen LogP) is 3.36. The Morgan fingerprint density at radius 2 is 1.63 bits per heavy atom. The van der Waals surface area contributed by atoms with E-state index in [1.165, 1.54) is 27.3 Å². The number of Topliss-reactive ketones (excluding diaryl/α,β-unsaturated/α-hetero) is 1. The van der Waals surface area contributed by atoms with E-state index >= 15 is 0 Å². The van der Waals surface area contributed by atoms with Gasteiger partial charge in [0.15, 0.2) is 17.3 Å². The van der Waals surface area contributed by atoms with Crippen LogP contribution in [0.1, 0.15) is 17.3 Å². The summed E-state index contributed by atoms with van der Waals surface area (Å²) in [4.78, 5) is 23.6. The number of ether oxygens (including phenoxy) is 2. The number of ketones is 1. The van der Waals surface area contributed by atoms with Crippen LogP contribution in [0.5, 0.6) is 11.5 Å². The summed E-state index contributed by atoms with van der Waals surface area (Å²) >= 11 is 0. The first-order chi connectivity index (χ1) is 13.0. The van der Waals surface area contributed by atoms with E-state index in [-0.39, 0.29) is 11.4 Å². The zero-order valence-electron chi connectivity index (χ0n) is 15.2. The van der Waals surface area contributed by atoms with Crippen LogP contribution >= 0.6 is 0 Å². The molecule has 0 aliphatic rings. The monoisotopic (exact) mass is 365 g/mol. The number of carbonyl (C=O) groups excluding carboxylic acids is 2. The van der Waals surface area contributed by atoms with E-state index in [1.807, 2.05) is 6.07 Å². The Bertz CT molecular complexity index is 912. The highest BCUT2D eigenvalue weighted by atomic mass is 16.5. The zero-order chi connectivity index (χ0) is 19.8. The van der Waals surface area contributed by atoms with E-state index in [9.17, 15) is 14.9 Å². The van der Waals surface area contributed by atoms with Crippen LogP contribution in [0.25, 0.3) is 0 Å². The van der Waals surface area contributed by atoms with Gasteiger partial charge in [-0.15, -0.1) is 0 Å². The van der Waals surface area contributed by atoms with Gasteiger partial charge < -0.3 is 20.1 Å². The number of benzene rings is 2. The first kappa shape index (κ1) is 19.5. The molecule has 138 valence electrons.